The van der Waals surface area contributed by atoms with E-state index < -0.39 is 0 Å². The van der Waals surface area contributed by atoms with E-state index in [9.17, 15) is 4.79 Å². The van der Waals surface area contributed by atoms with Crippen molar-refractivity contribution in [2.75, 3.05) is 0 Å². The lowest BCUT2D eigenvalue weighted by Crippen LogP contribution is -2.07. The molecule has 1 saturated carbocycles. The number of halogens is 1. The standard InChI is InChI=1S/C13H15BrO/c1-7-6-8(2)12(14)9(3)11(7)13(15)10-4-5-10/h6,10H,4-5H2,1-3H3. The van der Waals surface area contributed by atoms with E-state index in [1.54, 1.807) is 0 Å². The van der Waals surface area contributed by atoms with Crippen LogP contribution in [0.2, 0.25) is 0 Å². The fraction of sp³-hybridized carbons (Fsp3) is 0.462. The fourth-order valence-corrected chi connectivity index (χ4v) is 2.40. The maximum atomic E-state index is 12.1. The van der Waals surface area contributed by atoms with Crippen LogP contribution < -0.4 is 0 Å². The number of rotatable bonds is 2. The number of ketones is 1. The van der Waals surface area contributed by atoms with Crippen molar-refractivity contribution < 1.29 is 4.79 Å². The lowest BCUT2D eigenvalue weighted by molar-refractivity contribution is 0.0966. The topological polar surface area (TPSA) is 17.1 Å². The van der Waals surface area contributed by atoms with Gasteiger partial charge in [0.2, 0.25) is 0 Å². The van der Waals surface area contributed by atoms with Crippen molar-refractivity contribution in [1.29, 1.82) is 0 Å². The molecule has 0 heterocycles. The lowest BCUT2D eigenvalue weighted by Gasteiger charge is -2.12. The van der Waals surface area contributed by atoms with Crippen molar-refractivity contribution >= 4 is 21.7 Å². The van der Waals surface area contributed by atoms with Gasteiger partial charge in [-0.2, -0.15) is 0 Å². The summed E-state index contributed by atoms with van der Waals surface area (Å²) in [4.78, 5) is 12.1. The Bertz CT molecular complexity index is 431. The van der Waals surface area contributed by atoms with Crippen LogP contribution in [-0.4, -0.2) is 5.78 Å². The third kappa shape index (κ3) is 1.87. The van der Waals surface area contributed by atoms with Crippen molar-refractivity contribution in [3.63, 3.8) is 0 Å². The molecule has 0 atom stereocenters. The number of aryl methyl sites for hydroxylation is 2. The zero-order valence-electron chi connectivity index (χ0n) is 9.36. The normalized spacial score (nSPS) is 15.5. The minimum absolute atomic E-state index is 0.303. The highest BCUT2D eigenvalue weighted by molar-refractivity contribution is 9.10. The Kier molecular flexibility index (Phi) is 2.72. The highest BCUT2D eigenvalue weighted by atomic mass is 79.9. The largest absolute Gasteiger partial charge is 0.294 e. The van der Waals surface area contributed by atoms with Crippen LogP contribution in [-0.2, 0) is 0 Å². The second-order valence-electron chi connectivity index (χ2n) is 4.46. The Hall–Kier alpha value is -0.630. The van der Waals surface area contributed by atoms with Gasteiger partial charge < -0.3 is 0 Å². The van der Waals surface area contributed by atoms with E-state index >= 15 is 0 Å². The molecule has 0 unspecified atom stereocenters. The zero-order valence-corrected chi connectivity index (χ0v) is 10.9. The van der Waals surface area contributed by atoms with Gasteiger partial charge in [-0.25, -0.2) is 0 Å². The summed E-state index contributed by atoms with van der Waals surface area (Å²) in [5.74, 6) is 0.641. The van der Waals surface area contributed by atoms with Crippen LogP contribution in [0.4, 0.5) is 0 Å². The summed E-state index contributed by atoms with van der Waals surface area (Å²) in [6.45, 7) is 6.12. The third-order valence-electron chi connectivity index (χ3n) is 3.07. The Morgan fingerprint density at radius 2 is 1.87 bits per heavy atom. The Labute approximate surface area is 99.0 Å². The minimum atomic E-state index is 0.303. The highest BCUT2D eigenvalue weighted by Crippen LogP contribution is 2.36. The van der Waals surface area contributed by atoms with Crippen LogP contribution >= 0.6 is 15.9 Å². The van der Waals surface area contributed by atoms with Crippen LogP contribution in [0.15, 0.2) is 10.5 Å². The van der Waals surface area contributed by atoms with Crippen LogP contribution in [0.3, 0.4) is 0 Å². The minimum Gasteiger partial charge on any atom is -0.294 e. The van der Waals surface area contributed by atoms with Gasteiger partial charge in [0.25, 0.3) is 0 Å². The number of hydrogen-bond acceptors (Lipinski definition) is 1. The van der Waals surface area contributed by atoms with Gasteiger partial charge in [-0.15, -0.1) is 0 Å². The molecular weight excluding hydrogens is 252 g/mol. The van der Waals surface area contributed by atoms with Crippen molar-refractivity contribution in [2.24, 2.45) is 5.92 Å². The van der Waals surface area contributed by atoms with Crippen molar-refractivity contribution in [1.82, 2.24) is 0 Å². The SMILES string of the molecule is Cc1cc(C)c(C(=O)C2CC2)c(C)c1Br. The maximum absolute atomic E-state index is 12.1. The average Bonchev–Trinajstić information content (AvgIpc) is 2.97. The lowest BCUT2D eigenvalue weighted by atomic mass is 9.94. The molecule has 0 bridgehead atoms. The zero-order chi connectivity index (χ0) is 11.2. The van der Waals surface area contributed by atoms with E-state index in [0.29, 0.717) is 11.7 Å². The Morgan fingerprint density at radius 1 is 1.27 bits per heavy atom. The predicted molar refractivity (Wildman–Crippen MR) is 65.4 cm³/mol. The molecule has 1 fully saturated rings. The maximum Gasteiger partial charge on any atom is 0.166 e. The second-order valence-corrected chi connectivity index (χ2v) is 5.26. The van der Waals surface area contributed by atoms with E-state index in [-0.39, 0.29) is 0 Å². The fourth-order valence-electron chi connectivity index (χ4n) is 2.09. The Balaban J connectivity index is 2.54. The molecule has 1 aliphatic carbocycles. The molecule has 80 valence electrons. The van der Waals surface area contributed by atoms with Gasteiger partial charge in [0.1, 0.15) is 0 Å². The van der Waals surface area contributed by atoms with E-state index in [1.807, 2.05) is 13.8 Å². The summed E-state index contributed by atoms with van der Waals surface area (Å²) in [6.07, 6.45) is 2.15. The first-order valence-electron chi connectivity index (χ1n) is 5.33. The van der Waals surface area contributed by atoms with Crippen molar-refractivity contribution in [3.05, 3.63) is 32.8 Å². The molecule has 0 amide bonds. The summed E-state index contributed by atoms with van der Waals surface area (Å²) in [6, 6.07) is 2.09. The summed E-state index contributed by atoms with van der Waals surface area (Å²) >= 11 is 3.55. The van der Waals surface area contributed by atoms with E-state index in [4.69, 9.17) is 0 Å². The molecule has 0 aromatic heterocycles. The van der Waals surface area contributed by atoms with Crippen LogP contribution in [0.1, 0.15) is 39.9 Å². The smallest absolute Gasteiger partial charge is 0.166 e. The molecule has 0 N–H and O–H groups in total. The van der Waals surface area contributed by atoms with Gasteiger partial charge in [-0.05, 0) is 50.3 Å². The molecule has 0 aliphatic heterocycles. The first kappa shape index (κ1) is 10.9. The molecule has 2 rings (SSSR count). The van der Waals surface area contributed by atoms with Gasteiger partial charge >= 0.3 is 0 Å². The van der Waals surface area contributed by atoms with Crippen molar-refractivity contribution in [2.45, 2.75) is 33.6 Å². The number of hydrogen-bond donors (Lipinski definition) is 0. The number of carbonyl (C=O) groups is 1. The molecule has 1 aromatic rings. The molecular formula is C13H15BrO. The third-order valence-corrected chi connectivity index (χ3v) is 4.29. The average molecular weight is 267 g/mol. The highest BCUT2D eigenvalue weighted by Gasteiger charge is 2.32. The summed E-state index contributed by atoms with van der Waals surface area (Å²) < 4.78 is 1.08. The molecule has 0 saturated heterocycles. The molecule has 2 heteroatoms. The van der Waals surface area contributed by atoms with Crippen LogP contribution in [0, 0.1) is 26.7 Å². The summed E-state index contributed by atoms with van der Waals surface area (Å²) in [5, 5.41) is 0. The monoisotopic (exact) mass is 266 g/mol. The van der Waals surface area contributed by atoms with Gasteiger partial charge in [0, 0.05) is 16.0 Å². The molecule has 1 aliphatic rings. The molecule has 0 radical (unpaired) electrons. The van der Waals surface area contributed by atoms with Gasteiger partial charge in [-0.1, -0.05) is 22.0 Å². The molecule has 15 heavy (non-hydrogen) atoms. The van der Waals surface area contributed by atoms with Gasteiger partial charge in [-0.3, -0.25) is 4.79 Å². The van der Waals surface area contributed by atoms with Gasteiger partial charge in [0.05, 0.1) is 0 Å². The van der Waals surface area contributed by atoms with Crippen LogP contribution in [0.25, 0.3) is 0 Å². The Morgan fingerprint density at radius 3 is 2.40 bits per heavy atom. The molecule has 0 spiro atoms. The van der Waals surface area contributed by atoms with E-state index in [0.717, 1.165) is 34.0 Å². The number of carbonyl (C=O) groups excluding carboxylic acids is 1. The first-order chi connectivity index (χ1) is 7.02. The summed E-state index contributed by atoms with van der Waals surface area (Å²) in [5.41, 5.74) is 4.36. The van der Waals surface area contributed by atoms with Crippen molar-refractivity contribution in [3.8, 4) is 0 Å². The number of Topliss-reactive ketones (excluding diaryl/α,β-unsaturated/α-hetero) is 1. The van der Waals surface area contributed by atoms with Gasteiger partial charge in [0.15, 0.2) is 5.78 Å². The molecule has 1 nitrogen and oxygen atoms in total. The predicted octanol–water partition coefficient (Wildman–Crippen LogP) is 3.97. The first-order valence-corrected chi connectivity index (χ1v) is 6.12. The van der Waals surface area contributed by atoms with Crippen LogP contribution in [0.5, 0.6) is 0 Å². The molecule has 1 aromatic carbocycles. The quantitative estimate of drug-likeness (QED) is 0.741. The van der Waals surface area contributed by atoms with E-state index in [2.05, 4.69) is 28.9 Å². The second kappa shape index (κ2) is 3.75. The number of benzene rings is 1. The van der Waals surface area contributed by atoms with E-state index in [1.165, 1.54) is 5.56 Å². The summed E-state index contributed by atoms with van der Waals surface area (Å²) in [7, 11) is 0.